The molecule has 1 saturated carbocycles. The molecule has 2 N–H and O–H groups in total. The Morgan fingerprint density at radius 1 is 1.21 bits per heavy atom. The molecule has 1 aliphatic heterocycles. The number of imide groups is 1. The van der Waals surface area contributed by atoms with E-state index in [2.05, 4.69) is 10.6 Å². The summed E-state index contributed by atoms with van der Waals surface area (Å²) in [4.78, 5) is 50.9. The van der Waals surface area contributed by atoms with Gasteiger partial charge in [-0.15, -0.1) is 11.8 Å². The molecule has 2 aliphatic rings. The van der Waals surface area contributed by atoms with Gasteiger partial charge < -0.3 is 10.1 Å². The number of ether oxygens (including phenoxy) is 1. The van der Waals surface area contributed by atoms with Crippen LogP contribution in [0, 0.1) is 0 Å². The number of esters is 1. The summed E-state index contributed by atoms with van der Waals surface area (Å²) in [7, 11) is 0. The van der Waals surface area contributed by atoms with E-state index < -0.39 is 24.0 Å². The first kappa shape index (κ1) is 21.2. The highest BCUT2D eigenvalue weighted by Crippen LogP contribution is 2.34. The molecule has 1 heterocycles. The average molecular weight is 420 g/mol. The van der Waals surface area contributed by atoms with Crippen molar-refractivity contribution < 1.29 is 23.9 Å². The Hall–Kier alpha value is -2.55. The number of amides is 4. The summed E-state index contributed by atoms with van der Waals surface area (Å²) in [5.74, 6) is -1.38. The van der Waals surface area contributed by atoms with Gasteiger partial charge in [-0.25, -0.2) is 4.79 Å². The van der Waals surface area contributed by atoms with Gasteiger partial charge in [0.1, 0.15) is 6.54 Å². The summed E-state index contributed by atoms with van der Waals surface area (Å²) in [6.45, 7) is 1.10. The first-order valence-corrected chi connectivity index (χ1v) is 10.8. The van der Waals surface area contributed by atoms with Gasteiger partial charge in [0.2, 0.25) is 5.91 Å². The van der Waals surface area contributed by atoms with Crippen LogP contribution < -0.4 is 15.5 Å². The van der Waals surface area contributed by atoms with E-state index in [-0.39, 0.29) is 24.2 Å². The minimum Gasteiger partial charge on any atom is -0.451 e. The zero-order valence-corrected chi connectivity index (χ0v) is 17.1. The Morgan fingerprint density at radius 2 is 1.93 bits per heavy atom. The predicted octanol–water partition coefficient (Wildman–Crippen LogP) is 2.22. The molecular formula is C20H25N3O5S. The van der Waals surface area contributed by atoms with Gasteiger partial charge in [-0.2, -0.15) is 0 Å². The van der Waals surface area contributed by atoms with Gasteiger partial charge >= 0.3 is 12.0 Å². The Labute approximate surface area is 173 Å². The number of rotatable bonds is 5. The third-order valence-corrected chi connectivity index (χ3v) is 6.00. The van der Waals surface area contributed by atoms with Crippen LogP contribution in [-0.2, 0) is 19.1 Å². The van der Waals surface area contributed by atoms with Crippen molar-refractivity contribution in [2.45, 2.75) is 56.1 Å². The van der Waals surface area contributed by atoms with Crippen LogP contribution in [0.1, 0.15) is 39.0 Å². The number of para-hydroxylation sites is 1. The van der Waals surface area contributed by atoms with Crippen molar-refractivity contribution in [3.63, 3.8) is 0 Å². The van der Waals surface area contributed by atoms with Crippen molar-refractivity contribution in [3.05, 3.63) is 24.3 Å². The van der Waals surface area contributed by atoms with Crippen molar-refractivity contribution in [2.24, 2.45) is 0 Å². The SMILES string of the molecule is C[C@@H](OC(=O)CN1C(=O)CSc2ccccc21)C(=O)NC(=O)NC1CCCCC1. The molecule has 0 spiro atoms. The molecule has 8 nitrogen and oxygen atoms in total. The fourth-order valence-electron chi connectivity index (χ4n) is 3.43. The van der Waals surface area contributed by atoms with Crippen LogP contribution in [0.15, 0.2) is 29.2 Å². The molecule has 0 aromatic heterocycles. The van der Waals surface area contributed by atoms with Gasteiger partial charge in [-0.1, -0.05) is 31.4 Å². The van der Waals surface area contributed by atoms with Crippen LogP contribution >= 0.6 is 11.8 Å². The summed E-state index contributed by atoms with van der Waals surface area (Å²) in [5, 5.41) is 4.98. The van der Waals surface area contributed by atoms with Crippen LogP contribution in [0.4, 0.5) is 10.5 Å². The lowest BCUT2D eigenvalue weighted by Gasteiger charge is -2.28. The second kappa shape index (κ2) is 9.78. The van der Waals surface area contributed by atoms with Crippen molar-refractivity contribution in [2.75, 3.05) is 17.2 Å². The van der Waals surface area contributed by atoms with E-state index in [1.807, 2.05) is 12.1 Å². The van der Waals surface area contributed by atoms with Crippen LogP contribution in [0.3, 0.4) is 0 Å². The molecule has 0 unspecified atom stereocenters. The van der Waals surface area contributed by atoms with Crippen LogP contribution in [0.5, 0.6) is 0 Å². The summed E-state index contributed by atoms with van der Waals surface area (Å²) in [6.07, 6.45) is 3.93. The summed E-state index contributed by atoms with van der Waals surface area (Å²) >= 11 is 1.42. The van der Waals surface area contributed by atoms with Gasteiger partial charge in [0.25, 0.3) is 5.91 Å². The number of carbonyl (C=O) groups is 4. The number of benzene rings is 1. The van der Waals surface area contributed by atoms with Gasteiger partial charge in [0.15, 0.2) is 6.10 Å². The Morgan fingerprint density at radius 3 is 2.69 bits per heavy atom. The van der Waals surface area contributed by atoms with Crippen molar-refractivity contribution in [1.82, 2.24) is 10.6 Å². The van der Waals surface area contributed by atoms with E-state index in [9.17, 15) is 19.2 Å². The third-order valence-electron chi connectivity index (χ3n) is 4.95. The summed E-state index contributed by atoms with van der Waals surface area (Å²) in [5.41, 5.74) is 0.648. The maximum Gasteiger partial charge on any atom is 0.326 e. The number of anilines is 1. The number of fused-ring (bicyclic) bond motifs is 1. The molecule has 1 fully saturated rings. The summed E-state index contributed by atoms with van der Waals surface area (Å²) < 4.78 is 5.14. The van der Waals surface area contributed by atoms with Gasteiger partial charge in [-0.3, -0.25) is 24.6 Å². The highest BCUT2D eigenvalue weighted by molar-refractivity contribution is 8.00. The third kappa shape index (κ3) is 5.72. The molecule has 0 saturated heterocycles. The molecule has 9 heteroatoms. The maximum atomic E-state index is 12.3. The molecule has 0 radical (unpaired) electrons. The Balaban J connectivity index is 1.49. The number of nitrogens with one attached hydrogen (secondary N) is 2. The van der Waals surface area contributed by atoms with Crippen molar-refractivity contribution in [3.8, 4) is 0 Å². The van der Waals surface area contributed by atoms with Gasteiger partial charge in [-0.05, 0) is 31.9 Å². The average Bonchev–Trinajstić information content (AvgIpc) is 2.70. The van der Waals surface area contributed by atoms with Crippen LogP contribution in [-0.4, -0.2) is 48.3 Å². The number of carbonyl (C=O) groups excluding carboxylic acids is 4. The highest BCUT2D eigenvalue weighted by Gasteiger charge is 2.28. The normalized spacial score (nSPS) is 17.8. The number of hydrogen-bond donors (Lipinski definition) is 2. The van der Waals surface area contributed by atoms with E-state index in [4.69, 9.17) is 4.74 Å². The standard InChI is InChI=1S/C20H25N3O5S/c1-13(19(26)22-20(27)21-14-7-3-2-4-8-14)28-18(25)11-23-15-9-5-6-10-16(15)29-12-17(23)24/h5-6,9-10,13-14H,2-4,7-8,11-12H2,1H3,(H2,21,22,26,27)/t13-/m1/s1. The molecule has 0 bridgehead atoms. The number of urea groups is 1. The molecule has 4 amide bonds. The zero-order valence-electron chi connectivity index (χ0n) is 16.3. The number of thioether (sulfide) groups is 1. The van der Waals surface area contributed by atoms with E-state index in [1.165, 1.54) is 23.6 Å². The monoisotopic (exact) mass is 419 g/mol. The molecule has 1 aromatic carbocycles. The minimum atomic E-state index is -1.15. The van der Waals surface area contributed by atoms with Gasteiger partial charge in [0.05, 0.1) is 11.4 Å². The smallest absolute Gasteiger partial charge is 0.326 e. The Bertz CT molecular complexity index is 794. The molecule has 1 aliphatic carbocycles. The largest absolute Gasteiger partial charge is 0.451 e. The zero-order chi connectivity index (χ0) is 20.8. The van der Waals surface area contributed by atoms with Crippen LogP contribution in [0.25, 0.3) is 0 Å². The highest BCUT2D eigenvalue weighted by atomic mass is 32.2. The van der Waals surface area contributed by atoms with Crippen molar-refractivity contribution in [1.29, 1.82) is 0 Å². The predicted molar refractivity (Wildman–Crippen MR) is 109 cm³/mol. The maximum absolute atomic E-state index is 12.3. The van der Waals surface area contributed by atoms with Crippen molar-refractivity contribution >= 4 is 41.3 Å². The molecule has 29 heavy (non-hydrogen) atoms. The quantitative estimate of drug-likeness (QED) is 0.709. The molecular weight excluding hydrogens is 394 g/mol. The first-order chi connectivity index (χ1) is 13.9. The van der Waals surface area contributed by atoms with E-state index in [0.717, 1.165) is 37.0 Å². The fourth-order valence-corrected chi connectivity index (χ4v) is 4.36. The molecule has 3 rings (SSSR count). The number of nitrogens with zero attached hydrogens (tertiary/aromatic N) is 1. The topological polar surface area (TPSA) is 105 Å². The number of hydrogen-bond acceptors (Lipinski definition) is 6. The van der Waals surface area contributed by atoms with E-state index in [1.54, 1.807) is 12.1 Å². The Kier molecular flexibility index (Phi) is 7.13. The lowest BCUT2D eigenvalue weighted by Crippen LogP contribution is -2.49. The van der Waals surface area contributed by atoms with E-state index >= 15 is 0 Å². The van der Waals surface area contributed by atoms with Gasteiger partial charge in [0, 0.05) is 10.9 Å². The second-order valence-electron chi connectivity index (χ2n) is 7.17. The molecule has 156 valence electrons. The van der Waals surface area contributed by atoms with E-state index in [0.29, 0.717) is 5.69 Å². The second-order valence-corrected chi connectivity index (χ2v) is 8.18. The van der Waals surface area contributed by atoms with Crippen LogP contribution in [0.2, 0.25) is 0 Å². The lowest BCUT2D eigenvalue weighted by atomic mass is 9.96. The molecule has 1 aromatic rings. The molecule has 1 atom stereocenters. The summed E-state index contributed by atoms with van der Waals surface area (Å²) in [6, 6.07) is 6.78. The first-order valence-electron chi connectivity index (χ1n) is 9.77. The minimum absolute atomic E-state index is 0.0671. The lowest BCUT2D eigenvalue weighted by molar-refractivity contribution is -0.153. The fraction of sp³-hybridized carbons (Fsp3) is 0.500.